The van der Waals surface area contributed by atoms with Crippen LogP contribution in [0.5, 0.6) is 0 Å². The van der Waals surface area contributed by atoms with Crippen LogP contribution < -0.4 is 4.89 Å². The minimum Gasteiger partial charge on any atom is -0.756 e. The molecule has 0 N–H and O–H groups in total. The zero-order valence-corrected chi connectivity index (χ0v) is 56.5. The molecule has 0 aliphatic rings. The predicted octanol–water partition coefficient (Wildman–Crippen LogP) is 22.3. The molecular weight excluding hydrogens is 1060 g/mol. The molecule has 0 aliphatic carbocycles. The molecule has 84 heavy (non-hydrogen) atoms. The van der Waals surface area contributed by atoms with Crippen LogP contribution in [0.4, 0.5) is 0 Å². The number of unbranched alkanes of at least 4 members (excludes halogenated alkanes) is 37. The molecule has 0 aromatic rings. The Hall–Kier alpha value is -2.81. The molecule has 0 fully saturated rings. The molecule has 2 unspecified atom stereocenters. The number of allylic oxidation sites excluding steroid dienone is 14. The zero-order chi connectivity index (χ0) is 61.2. The molecule has 0 radical (unpaired) electrons. The minimum absolute atomic E-state index is 0.0339. The summed E-state index contributed by atoms with van der Waals surface area (Å²) in [5.41, 5.74) is 0. The van der Waals surface area contributed by atoms with E-state index < -0.39 is 26.5 Å². The van der Waals surface area contributed by atoms with E-state index in [1.165, 1.54) is 199 Å². The number of nitrogens with zero attached hydrogens (tertiary/aromatic N) is 1. The first kappa shape index (κ1) is 81.2. The Labute approximate surface area is 520 Å². The van der Waals surface area contributed by atoms with Crippen LogP contribution in [0.25, 0.3) is 0 Å². The molecule has 0 heterocycles. The Balaban J connectivity index is 4.06. The lowest BCUT2D eigenvalue weighted by Crippen LogP contribution is -2.37. The van der Waals surface area contributed by atoms with Gasteiger partial charge in [0.25, 0.3) is 7.82 Å². The quantitative estimate of drug-likeness (QED) is 0.0195. The number of phosphoric ester groups is 1. The summed E-state index contributed by atoms with van der Waals surface area (Å²) >= 11 is 0. The third-order valence-corrected chi connectivity index (χ3v) is 16.4. The van der Waals surface area contributed by atoms with Gasteiger partial charge >= 0.3 is 11.9 Å². The van der Waals surface area contributed by atoms with Gasteiger partial charge in [-0.05, 0) is 70.6 Å². The van der Waals surface area contributed by atoms with Crippen molar-refractivity contribution in [2.24, 2.45) is 0 Å². The van der Waals surface area contributed by atoms with E-state index in [-0.39, 0.29) is 32.0 Å². The maximum absolute atomic E-state index is 12.9. The summed E-state index contributed by atoms with van der Waals surface area (Å²) in [5, 5.41) is 0. The highest BCUT2D eigenvalue weighted by Gasteiger charge is 2.22. The first-order valence-electron chi connectivity index (χ1n) is 35.3. The summed E-state index contributed by atoms with van der Waals surface area (Å²) in [7, 11) is 1.17. The average Bonchev–Trinajstić information content (AvgIpc) is 3.61. The lowest BCUT2D eigenvalue weighted by atomic mass is 10.0. The highest BCUT2D eigenvalue weighted by Crippen LogP contribution is 2.38. The van der Waals surface area contributed by atoms with Crippen LogP contribution in [-0.4, -0.2) is 70.0 Å². The lowest BCUT2D eigenvalue weighted by molar-refractivity contribution is -0.870. The van der Waals surface area contributed by atoms with Crippen LogP contribution in [0.2, 0.25) is 0 Å². The SMILES string of the molecule is CC/C=C\C/C=C\C/C=C\C/C=C\C/C=C\C/C=C\C/C=C\CCCCCCCCCCCC(=O)OC(COC(=O)CCCCCCCCCCCCCCCCCCCCCCCCCCCCCCC)COP(=O)([O-])OCC[N+](C)(C)C. The van der Waals surface area contributed by atoms with Crippen LogP contribution in [0.1, 0.15) is 322 Å². The van der Waals surface area contributed by atoms with E-state index in [0.29, 0.717) is 17.4 Å². The van der Waals surface area contributed by atoms with Crippen molar-refractivity contribution in [2.45, 2.75) is 328 Å². The number of carbonyl (C=O) groups excluding carboxylic acids is 2. The summed E-state index contributed by atoms with van der Waals surface area (Å²) in [6, 6.07) is 0. The summed E-state index contributed by atoms with van der Waals surface area (Å²) < 4.78 is 34.3. The van der Waals surface area contributed by atoms with Gasteiger partial charge in [0.05, 0.1) is 27.7 Å². The van der Waals surface area contributed by atoms with E-state index in [0.717, 1.165) is 89.9 Å². The Bertz CT molecular complexity index is 1690. The molecular formula is C74H134NO8P. The smallest absolute Gasteiger partial charge is 0.306 e. The van der Waals surface area contributed by atoms with Gasteiger partial charge in [-0.15, -0.1) is 0 Å². The summed E-state index contributed by atoms with van der Waals surface area (Å²) in [6.45, 7) is 4.16. The van der Waals surface area contributed by atoms with E-state index in [4.69, 9.17) is 18.5 Å². The van der Waals surface area contributed by atoms with Gasteiger partial charge in [-0.25, -0.2) is 0 Å². The Morgan fingerprint density at radius 3 is 1.01 bits per heavy atom. The van der Waals surface area contributed by atoms with Crippen molar-refractivity contribution in [1.29, 1.82) is 0 Å². The van der Waals surface area contributed by atoms with Gasteiger partial charge in [-0.1, -0.05) is 324 Å². The van der Waals surface area contributed by atoms with Gasteiger partial charge < -0.3 is 27.9 Å². The van der Waals surface area contributed by atoms with Crippen molar-refractivity contribution in [1.82, 2.24) is 0 Å². The second kappa shape index (κ2) is 64.7. The van der Waals surface area contributed by atoms with Crippen LogP contribution in [0, 0.1) is 0 Å². The van der Waals surface area contributed by atoms with Crippen LogP contribution in [-0.2, 0) is 32.7 Å². The van der Waals surface area contributed by atoms with E-state index in [9.17, 15) is 19.0 Å². The number of hydrogen-bond acceptors (Lipinski definition) is 8. The number of phosphoric acid groups is 1. The fourth-order valence-electron chi connectivity index (χ4n) is 10.1. The fourth-order valence-corrected chi connectivity index (χ4v) is 10.8. The standard InChI is InChI=1S/C74H134NO8P/c1-6-8-10-12-14-16-18-20-22-24-26-28-30-32-34-36-37-39-41-43-45-47-49-51-53-55-57-59-61-63-65-67-74(77)83-72(71-82-84(78,79)81-69-68-75(3,4)5)70-80-73(76)66-64-62-60-58-56-54-52-50-48-46-44-42-40-38-35-33-31-29-27-25-23-21-19-17-15-13-11-9-7-2/h8,10,14,16,20,22,26,28,32,34,37,39,43,45,72H,6-7,9,11-13,15,17-19,21,23-25,27,29-31,33,35-36,38,40-42,44,46-71H2,1-5H3/b10-8-,16-14-,22-20-,28-26-,34-32-,39-37-,45-43-. The Kier molecular flexibility index (Phi) is 62.5. The monoisotopic (exact) mass is 1200 g/mol. The van der Waals surface area contributed by atoms with Crippen LogP contribution in [0.3, 0.4) is 0 Å². The molecule has 9 nitrogen and oxygen atoms in total. The van der Waals surface area contributed by atoms with Gasteiger partial charge in [-0.3, -0.25) is 14.2 Å². The number of quaternary nitrogens is 1. The predicted molar refractivity (Wildman–Crippen MR) is 360 cm³/mol. The highest BCUT2D eigenvalue weighted by atomic mass is 31.2. The molecule has 0 amide bonds. The molecule has 0 rings (SSSR count). The molecule has 2 atom stereocenters. The second-order valence-electron chi connectivity index (χ2n) is 24.9. The number of carbonyl (C=O) groups is 2. The number of rotatable bonds is 65. The topological polar surface area (TPSA) is 111 Å². The average molecular weight is 1200 g/mol. The zero-order valence-electron chi connectivity index (χ0n) is 55.6. The number of ether oxygens (including phenoxy) is 2. The summed E-state index contributed by atoms with van der Waals surface area (Å²) in [6.07, 6.45) is 88.1. The van der Waals surface area contributed by atoms with Gasteiger partial charge in [-0.2, -0.15) is 0 Å². The maximum atomic E-state index is 12.9. The van der Waals surface area contributed by atoms with E-state index in [1.807, 2.05) is 21.1 Å². The van der Waals surface area contributed by atoms with Crippen LogP contribution >= 0.6 is 7.82 Å². The van der Waals surface area contributed by atoms with Gasteiger partial charge in [0, 0.05) is 12.8 Å². The molecule has 0 aromatic heterocycles. The van der Waals surface area contributed by atoms with Crippen LogP contribution in [0.15, 0.2) is 85.1 Å². The molecule has 0 aliphatic heterocycles. The molecule has 0 bridgehead atoms. The molecule has 0 aromatic carbocycles. The third kappa shape index (κ3) is 68.3. The number of likely N-dealkylation sites (N-methyl/N-ethyl adjacent to an activating group) is 1. The second-order valence-corrected chi connectivity index (χ2v) is 26.3. The lowest BCUT2D eigenvalue weighted by Gasteiger charge is -2.28. The number of hydrogen-bond donors (Lipinski definition) is 0. The Morgan fingerprint density at radius 1 is 0.381 bits per heavy atom. The molecule has 10 heteroatoms. The van der Waals surface area contributed by atoms with Crippen molar-refractivity contribution >= 4 is 19.8 Å². The van der Waals surface area contributed by atoms with Crippen molar-refractivity contribution < 1.29 is 42.1 Å². The molecule has 488 valence electrons. The minimum atomic E-state index is -4.65. The molecule has 0 spiro atoms. The molecule has 0 saturated carbocycles. The van der Waals surface area contributed by atoms with E-state index in [1.54, 1.807) is 0 Å². The van der Waals surface area contributed by atoms with Gasteiger partial charge in [0.1, 0.15) is 19.8 Å². The maximum Gasteiger partial charge on any atom is 0.306 e. The summed E-state index contributed by atoms with van der Waals surface area (Å²) in [4.78, 5) is 38.1. The first-order chi connectivity index (χ1) is 41.0. The van der Waals surface area contributed by atoms with E-state index >= 15 is 0 Å². The largest absolute Gasteiger partial charge is 0.756 e. The fraction of sp³-hybridized carbons (Fsp3) is 0.784. The van der Waals surface area contributed by atoms with Crippen molar-refractivity contribution in [3.8, 4) is 0 Å². The van der Waals surface area contributed by atoms with Gasteiger partial charge in [0.2, 0.25) is 0 Å². The third-order valence-electron chi connectivity index (χ3n) is 15.4. The first-order valence-corrected chi connectivity index (χ1v) is 36.8. The molecule has 0 saturated heterocycles. The number of esters is 2. The summed E-state index contributed by atoms with van der Waals surface area (Å²) in [5.74, 6) is -0.830. The van der Waals surface area contributed by atoms with E-state index in [2.05, 4.69) is 98.9 Å². The van der Waals surface area contributed by atoms with Crippen molar-refractivity contribution in [3.05, 3.63) is 85.1 Å². The Morgan fingerprint density at radius 2 is 0.679 bits per heavy atom. The normalized spacial score (nSPS) is 13.6. The van der Waals surface area contributed by atoms with Gasteiger partial charge in [0.15, 0.2) is 6.10 Å². The van der Waals surface area contributed by atoms with Crippen molar-refractivity contribution in [3.63, 3.8) is 0 Å². The highest BCUT2D eigenvalue weighted by molar-refractivity contribution is 7.45. The van der Waals surface area contributed by atoms with Crippen molar-refractivity contribution in [2.75, 3.05) is 47.5 Å².